The smallest absolute Gasteiger partial charge is 0.0701 e. The van der Waals surface area contributed by atoms with Crippen LogP contribution in [-0.2, 0) is 4.74 Å². The van der Waals surface area contributed by atoms with Crippen LogP contribution in [-0.4, -0.2) is 24.4 Å². The number of hydrogen-bond donors (Lipinski definition) is 1. The maximum Gasteiger partial charge on any atom is 0.0701 e. The van der Waals surface area contributed by atoms with Gasteiger partial charge in [0, 0.05) is 0 Å². The van der Waals surface area contributed by atoms with E-state index >= 15 is 0 Å². The summed E-state index contributed by atoms with van der Waals surface area (Å²) >= 11 is 0. The molecule has 0 aromatic carbocycles. The van der Waals surface area contributed by atoms with E-state index in [1.165, 1.54) is 0 Å². The fourth-order valence-electron chi connectivity index (χ4n) is 1.62. The second-order valence-corrected chi connectivity index (χ2v) is 4.63. The van der Waals surface area contributed by atoms with Crippen molar-refractivity contribution in [3.8, 4) is 0 Å². The van der Waals surface area contributed by atoms with Crippen LogP contribution in [0.4, 0.5) is 0 Å². The summed E-state index contributed by atoms with van der Waals surface area (Å²) in [6, 6.07) is 0. The topological polar surface area (TPSA) is 29.5 Å². The summed E-state index contributed by atoms with van der Waals surface area (Å²) in [5.74, 6) is 0.497. The molecule has 74 valence electrons. The Kier molecular flexibility index (Phi) is 4.80. The van der Waals surface area contributed by atoms with Gasteiger partial charge < -0.3 is 9.84 Å². The highest BCUT2D eigenvalue weighted by Gasteiger charge is 2.27. The molecule has 0 rings (SSSR count). The molecule has 0 aliphatic heterocycles. The minimum Gasteiger partial charge on any atom is -0.394 e. The Morgan fingerprint density at radius 3 is 2.00 bits per heavy atom. The first-order valence-electron chi connectivity index (χ1n) is 4.62. The van der Waals surface area contributed by atoms with E-state index in [4.69, 9.17) is 9.84 Å². The summed E-state index contributed by atoms with van der Waals surface area (Å²) < 4.78 is 5.57. The molecule has 1 atom stereocenters. The van der Waals surface area contributed by atoms with Crippen molar-refractivity contribution in [2.45, 2.75) is 40.7 Å². The van der Waals surface area contributed by atoms with Gasteiger partial charge in [-0.1, -0.05) is 34.6 Å². The second-order valence-electron chi connectivity index (χ2n) is 4.63. The van der Waals surface area contributed by atoms with Crippen LogP contribution in [0.5, 0.6) is 0 Å². The Bertz CT molecular complexity index is 113. The van der Waals surface area contributed by atoms with E-state index < -0.39 is 0 Å². The second kappa shape index (κ2) is 4.83. The van der Waals surface area contributed by atoms with E-state index in [2.05, 4.69) is 34.6 Å². The summed E-state index contributed by atoms with van der Waals surface area (Å²) in [6.07, 6.45) is 0.227. The van der Waals surface area contributed by atoms with Crippen molar-refractivity contribution in [2.75, 3.05) is 13.2 Å². The fraction of sp³-hybridized carbons (Fsp3) is 1.00. The van der Waals surface area contributed by atoms with Crippen LogP contribution in [0, 0.1) is 11.3 Å². The zero-order chi connectivity index (χ0) is 9.78. The van der Waals surface area contributed by atoms with Crippen molar-refractivity contribution in [2.24, 2.45) is 11.3 Å². The predicted molar refractivity (Wildman–Crippen MR) is 51.1 cm³/mol. The summed E-state index contributed by atoms with van der Waals surface area (Å²) in [6.45, 7) is 11.3. The highest BCUT2D eigenvalue weighted by Crippen LogP contribution is 2.27. The van der Waals surface area contributed by atoms with Crippen LogP contribution >= 0.6 is 0 Å². The molecule has 0 aliphatic carbocycles. The minimum atomic E-state index is 0.110. The molecule has 2 heteroatoms. The SMILES string of the molecule is CC(C)C(OCCO)C(C)(C)C. The summed E-state index contributed by atoms with van der Waals surface area (Å²) in [7, 11) is 0. The van der Waals surface area contributed by atoms with Crippen molar-refractivity contribution in [3.63, 3.8) is 0 Å². The molecule has 0 amide bonds. The number of aliphatic hydroxyl groups is 1. The quantitative estimate of drug-likeness (QED) is 0.707. The lowest BCUT2D eigenvalue weighted by molar-refractivity contribution is -0.0570. The van der Waals surface area contributed by atoms with Gasteiger partial charge in [0.2, 0.25) is 0 Å². The van der Waals surface area contributed by atoms with E-state index in [0.29, 0.717) is 12.5 Å². The first-order chi connectivity index (χ1) is 5.39. The number of ether oxygens (including phenoxy) is 1. The predicted octanol–water partition coefficient (Wildman–Crippen LogP) is 2.07. The minimum absolute atomic E-state index is 0.110. The molecule has 0 heterocycles. The standard InChI is InChI=1S/C10H22O2/c1-8(2)9(10(3,4)5)12-7-6-11/h8-9,11H,6-7H2,1-5H3. The highest BCUT2D eigenvalue weighted by molar-refractivity contribution is 4.77. The third-order valence-corrected chi connectivity index (χ3v) is 1.85. The maximum absolute atomic E-state index is 8.64. The molecule has 1 N–H and O–H groups in total. The third kappa shape index (κ3) is 4.07. The normalized spacial score (nSPS) is 15.2. The Morgan fingerprint density at radius 2 is 1.75 bits per heavy atom. The third-order valence-electron chi connectivity index (χ3n) is 1.85. The van der Waals surface area contributed by atoms with Crippen LogP contribution in [0.3, 0.4) is 0 Å². The van der Waals surface area contributed by atoms with Crippen LogP contribution in [0.2, 0.25) is 0 Å². The Balaban J connectivity index is 4.05. The molecule has 0 spiro atoms. The van der Waals surface area contributed by atoms with Gasteiger partial charge in [-0.15, -0.1) is 0 Å². The largest absolute Gasteiger partial charge is 0.394 e. The van der Waals surface area contributed by atoms with Gasteiger partial charge in [0.05, 0.1) is 19.3 Å². The molecule has 0 aromatic heterocycles. The summed E-state index contributed by atoms with van der Waals surface area (Å²) in [4.78, 5) is 0. The molecule has 0 aromatic rings. The van der Waals surface area contributed by atoms with Gasteiger partial charge in [-0.25, -0.2) is 0 Å². The average Bonchev–Trinajstić information content (AvgIpc) is 1.84. The van der Waals surface area contributed by atoms with Gasteiger partial charge >= 0.3 is 0 Å². The first kappa shape index (κ1) is 11.9. The molecule has 2 nitrogen and oxygen atoms in total. The van der Waals surface area contributed by atoms with Crippen molar-refractivity contribution >= 4 is 0 Å². The summed E-state index contributed by atoms with van der Waals surface area (Å²) in [5.41, 5.74) is 0.156. The van der Waals surface area contributed by atoms with E-state index in [1.54, 1.807) is 0 Å². The van der Waals surface area contributed by atoms with Gasteiger partial charge in [-0.05, 0) is 11.3 Å². The van der Waals surface area contributed by atoms with Crippen molar-refractivity contribution in [1.82, 2.24) is 0 Å². The van der Waals surface area contributed by atoms with Gasteiger partial charge in [0.15, 0.2) is 0 Å². The zero-order valence-electron chi connectivity index (χ0n) is 8.92. The molecular formula is C10H22O2. The van der Waals surface area contributed by atoms with Gasteiger partial charge in [0.25, 0.3) is 0 Å². The van der Waals surface area contributed by atoms with Gasteiger partial charge in [-0.2, -0.15) is 0 Å². The lowest BCUT2D eigenvalue weighted by Gasteiger charge is -2.33. The molecule has 1 unspecified atom stereocenters. The van der Waals surface area contributed by atoms with E-state index in [1.807, 2.05) is 0 Å². The van der Waals surface area contributed by atoms with E-state index in [0.717, 1.165) is 0 Å². The molecule has 0 fully saturated rings. The number of rotatable bonds is 4. The van der Waals surface area contributed by atoms with Crippen LogP contribution in [0.15, 0.2) is 0 Å². The fourth-order valence-corrected chi connectivity index (χ4v) is 1.62. The molecule has 12 heavy (non-hydrogen) atoms. The maximum atomic E-state index is 8.64. The highest BCUT2D eigenvalue weighted by atomic mass is 16.5. The molecule has 0 saturated carbocycles. The molecule has 0 radical (unpaired) electrons. The van der Waals surface area contributed by atoms with Gasteiger partial charge in [0.1, 0.15) is 0 Å². The molecule has 0 aliphatic rings. The van der Waals surface area contributed by atoms with Crippen LogP contribution in [0.1, 0.15) is 34.6 Å². The lowest BCUT2D eigenvalue weighted by Crippen LogP contribution is -2.34. The van der Waals surface area contributed by atoms with Crippen LogP contribution < -0.4 is 0 Å². The summed E-state index contributed by atoms with van der Waals surface area (Å²) in [5, 5.41) is 8.64. The van der Waals surface area contributed by atoms with E-state index in [-0.39, 0.29) is 18.1 Å². The van der Waals surface area contributed by atoms with Crippen molar-refractivity contribution in [1.29, 1.82) is 0 Å². The van der Waals surface area contributed by atoms with Crippen molar-refractivity contribution in [3.05, 3.63) is 0 Å². The Labute approximate surface area is 75.9 Å². The number of aliphatic hydroxyl groups excluding tert-OH is 1. The average molecular weight is 174 g/mol. The Hall–Kier alpha value is -0.0800. The molecule has 0 bridgehead atoms. The molecule has 0 saturated heterocycles. The van der Waals surface area contributed by atoms with Crippen molar-refractivity contribution < 1.29 is 9.84 Å². The van der Waals surface area contributed by atoms with Crippen LogP contribution in [0.25, 0.3) is 0 Å². The van der Waals surface area contributed by atoms with Gasteiger partial charge in [-0.3, -0.25) is 0 Å². The zero-order valence-corrected chi connectivity index (χ0v) is 8.92. The van der Waals surface area contributed by atoms with E-state index in [9.17, 15) is 0 Å². The lowest BCUT2D eigenvalue weighted by atomic mass is 9.82. The Morgan fingerprint density at radius 1 is 1.25 bits per heavy atom. The monoisotopic (exact) mass is 174 g/mol. The molecular weight excluding hydrogens is 152 g/mol. The number of hydrogen-bond acceptors (Lipinski definition) is 2. The first-order valence-corrected chi connectivity index (χ1v) is 4.62.